The van der Waals surface area contributed by atoms with Gasteiger partial charge in [-0.1, -0.05) is 17.7 Å². The van der Waals surface area contributed by atoms with Crippen molar-refractivity contribution in [2.24, 2.45) is 5.92 Å². The molecule has 2 heterocycles. The van der Waals surface area contributed by atoms with E-state index in [1.54, 1.807) is 24.3 Å². The molecule has 0 radical (unpaired) electrons. The van der Waals surface area contributed by atoms with Gasteiger partial charge in [-0.25, -0.2) is 4.98 Å². The Morgan fingerprint density at radius 3 is 2.96 bits per heavy atom. The average Bonchev–Trinajstić information content (AvgIpc) is 2.68. The maximum Gasteiger partial charge on any atom is 0.227 e. The van der Waals surface area contributed by atoms with Gasteiger partial charge in [0, 0.05) is 43.5 Å². The minimum Gasteiger partial charge on any atom is -0.496 e. The fourth-order valence-corrected chi connectivity index (χ4v) is 3.64. The van der Waals surface area contributed by atoms with Gasteiger partial charge >= 0.3 is 0 Å². The van der Waals surface area contributed by atoms with Crippen LogP contribution in [0.1, 0.15) is 18.4 Å². The highest BCUT2D eigenvalue weighted by molar-refractivity contribution is 6.30. The van der Waals surface area contributed by atoms with Gasteiger partial charge < -0.3 is 14.5 Å². The molecule has 1 aliphatic heterocycles. The number of amides is 1. The molecule has 1 fully saturated rings. The number of rotatable bonds is 5. The van der Waals surface area contributed by atoms with Crippen molar-refractivity contribution in [2.45, 2.75) is 19.4 Å². The second-order valence-electron chi connectivity index (χ2n) is 6.62. The molecule has 6 heteroatoms. The van der Waals surface area contributed by atoms with Crippen molar-refractivity contribution < 1.29 is 9.53 Å². The summed E-state index contributed by atoms with van der Waals surface area (Å²) in [4.78, 5) is 21.3. The molecule has 1 aromatic carbocycles. The number of aromatic nitrogens is 1. The van der Waals surface area contributed by atoms with Crippen LogP contribution in [0.2, 0.25) is 5.02 Å². The molecule has 0 saturated carbocycles. The van der Waals surface area contributed by atoms with Crippen LogP contribution in [0.3, 0.4) is 0 Å². The summed E-state index contributed by atoms with van der Waals surface area (Å²) in [7, 11) is 3.46. The third-order valence-electron chi connectivity index (χ3n) is 4.77. The lowest BCUT2D eigenvalue weighted by Gasteiger charge is -2.34. The lowest BCUT2D eigenvalue weighted by atomic mass is 9.96. The zero-order chi connectivity index (χ0) is 18.5. The lowest BCUT2D eigenvalue weighted by Crippen LogP contribution is -2.43. The molecule has 1 atom stereocenters. The van der Waals surface area contributed by atoms with E-state index >= 15 is 0 Å². The quantitative estimate of drug-likeness (QED) is 0.803. The molecule has 0 aliphatic carbocycles. The molecule has 0 N–H and O–H groups in total. The predicted octanol–water partition coefficient (Wildman–Crippen LogP) is 3.62. The molecular weight excluding hydrogens is 350 g/mol. The Kier molecular flexibility index (Phi) is 5.99. The van der Waals surface area contributed by atoms with Gasteiger partial charge in [0.05, 0.1) is 13.0 Å². The molecule has 5 nitrogen and oxygen atoms in total. The van der Waals surface area contributed by atoms with Crippen molar-refractivity contribution in [3.8, 4) is 5.75 Å². The highest BCUT2D eigenvalue weighted by atomic mass is 35.5. The molecule has 0 bridgehead atoms. The van der Waals surface area contributed by atoms with E-state index in [-0.39, 0.29) is 11.8 Å². The van der Waals surface area contributed by atoms with Crippen molar-refractivity contribution in [1.82, 2.24) is 9.88 Å². The number of anilines is 1. The molecule has 0 spiro atoms. The van der Waals surface area contributed by atoms with Gasteiger partial charge in [-0.05, 0) is 43.2 Å². The molecule has 26 heavy (non-hydrogen) atoms. The van der Waals surface area contributed by atoms with Crippen LogP contribution in [-0.2, 0) is 11.3 Å². The first kappa shape index (κ1) is 18.5. The van der Waals surface area contributed by atoms with Gasteiger partial charge in [-0.2, -0.15) is 0 Å². The number of hydrogen-bond donors (Lipinski definition) is 0. The van der Waals surface area contributed by atoms with Crippen LogP contribution < -0.4 is 9.64 Å². The van der Waals surface area contributed by atoms with E-state index < -0.39 is 0 Å². The second-order valence-corrected chi connectivity index (χ2v) is 7.06. The van der Waals surface area contributed by atoms with Crippen molar-refractivity contribution >= 4 is 23.3 Å². The van der Waals surface area contributed by atoms with Crippen LogP contribution in [0.25, 0.3) is 0 Å². The lowest BCUT2D eigenvalue weighted by molar-refractivity contribution is -0.135. The predicted molar refractivity (Wildman–Crippen MR) is 104 cm³/mol. The monoisotopic (exact) mass is 373 g/mol. The standard InChI is InChI=1S/C20H24ClN3O2/c1-23(13-16-12-17(21)8-9-18(16)26-2)20(25)15-6-5-11-24(14-15)19-7-3-4-10-22-19/h3-4,7-10,12,15H,5-6,11,13-14H2,1-2H3/t15-/m0/s1. The SMILES string of the molecule is COc1ccc(Cl)cc1CN(C)C(=O)[C@H]1CCCN(c2ccccn2)C1. The Bertz CT molecular complexity index is 754. The molecule has 2 aromatic rings. The van der Waals surface area contributed by atoms with E-state index in [1.807, 2.05) is 37.4 Å². The molecule has 1 aliphatic rings. The van der Waals surface area contributed by atoms with Gasteiger partial charge in [-0.15, -0.1) is 0 Å². The third-order valence-corrected chi connectivity index (χ3v) is 5.01. The molecular formula is C20H24ClN3O2. The Labute approximate surface area is 159 Å². The fraction of sp³-hybridized carbons (Fsp3) is 0.400. The maximum atomic E-state index is 13.0. The first-order chi connectivity index (χ1) is 12.6. The Balaban J connectivity index is 1.67. The number of nitrogens with zero attached hydrogens (tertiary/aromatic N) is 3. The van der Waals surface area contributed by atoms with Gasteiger partial charge in [0.25, 0.3) is 0 Å². The zero-order valence-electron chi connectivity index (χ0n) is 15.2. The Hall–Kier alpha value is -2.27. The molecule has 0 unspecified atom stereocenters. The van der Waals surface area contributed by atoms with E-state index in [0.29, 0.717) is 18.1 Å². The number of benzene rings is 1. The molecule has 138 valence electrons. The number of ether oxygens (including phenoxy) is 1. The smallest absolute Gasteiger partial charge is 0.227 e. The highest BCUT2D eigenvalue weighted by Crippen LogP contribution is 2.26. The van der Waals surface area contributed by atoms with Crippen molar-refractivity contribution in [3.63, 3.8) is 0 Å². The number of halogens is 1. The number of methoxy groups -OCH3 is 1. The van der Waals surface area contributed by atoms with E-state index in [1.165, 1.54) is 0 Å². The van der Waals surface area contributed by atoms with Crippen molar-refractivity contribution in [3.05, 3.63) is 53.2 Å². The summed E-state index contributed by atoms with van der Waals surface area (Å²) in [5.41, 5.74) is 0.910. The van der Waals surface area contributed by atoms with Crippen LogP contribution in [0, 0.1) is 5.92 Å². The third kappa shape index (κ3) is 4.28. The second kappa shape index (κ2) is 8.41. The van der Waals surface area contributed by atoms with E-state index in [9.17, 15) is 4.79 Å². The maximum absolute atomic E-state index is 13.0. The first-order valence-corrected chi connectivity index (χ1v) is 9.19. The minimum atomic E-state index is -0.0269. The summed E-state index contributed by atoms with van der Waals surface area (Å²) < 4.78 is 5.39. The normalized spacial score (nSPS) is 17.0. The number of piperidine rings is 1. The van der Waals surface area contributed by atoms with E-state index in [4.69, 9.17) is 16.3 Å². The average molecular weight is 374 g/mol. The number of hydrogen-bond acceptors (Lipinski definition) is 4. The molecule has 1 amide bonds. The molecule has 1 aromatic heterocycles. The summed E-state index contributed by atoms with van der Waals surface area (Å²) in [6.45, 7) is 2.11. The summed E-state index contributed by atoms with van der Waals surface area (Å²) in [6.07, 6.45) is 3.68. The summed E-state index contributed by atoms with van der Waals surface area (Å²) in [6, 6.07) is 11.4. The van der Waals surface area contributed by atoms with Crippen LogP contribution in [0.5, 0.6) is 5.75 Å². The van der Waals surface area contributed by atoms with Gasteiger partial charge in [0.15, 0.2) is 0 Å². The van der Waals surface area contributed by atoms with Crippen LogP contribution in [-0.4, -0.2) is 43.0 Å². The van der Waals surface area contributed by atoms with E-state index in [0.717, 1.165) is 36.5 Å². The summed E-state index contributed by atoms with van der Waals surface area (Å²) in [5.74, 6) is 1.80. The van der Waals surface area contributed by atoms with E-state index in [2.05, 4.69) is 9.88 Å². The fourth-order valence-electron chi connectivity index (χ4n) is 3.44. The van der Waals surface area contributed by atoms with Crippen LogP contribution in [0.4, 0.5) is 5.82 Å². The number of carbonyl (C=O) groups is 1. The zero-order valence-corrected chi connectivity index (χ0v) is 15.9. The summed E-state index contributed by atoms with van der Waals surface area (Å²) in [5, 5.41) is 0.639. The van der Waals surface area contributed by atoms with Crippen LogP contribution >= 0.6 is 11.6 Å². The van der Waals surface area contributed by atoms with Gasteiger partial charge in [-0.3, -0.25) is 4.79 Å². The van der Waals surface area contributed by atoms with Gasteiger partial charge in [0.2, 0.25) is 5.91 Å². The van der Waals surface area contributed by atoms with Crippen LogP contribution in [0.15, 0.2) is 42.6 Å². The Morgan fingerprint density at radius 2 is 2.23 bits per heavy atom. The summed E-state index contributed by atoms with van der Waals surface area (Å²) >= 11 is 6.10. The van der Waals surface area contributed by atoms with Gasteiger partial charge in [0.1, 0.15) is 11.6 Å². The minimum absolute atomic E-state index is 0.0269. The number of carbonyl (C=O) groups excluding carboxylic acids is 1. The largest absolute Gasteiger partial charge is 0.496 e. The van der Waals surface area contributed by atoms with Crippen molar-refractivity contribution in [1.29, 1.82) is 0 Å². The number of pyridine rings is 1. The topological polar surface area (TPSA) is 45.7 Å². The first-order valence-electron chi connectivity index (χ1n) is 8.82. The van der Waals surface area contributed by atoms with Crippen molar-refractivity contribution in [2.75, 3.05) is 32.1 Å². The highest BCUT2D eigenvalue weighted by Gasteiger charge is 2.28. The molecule has 1 saturated heterocycles. The Morgan fingerprint density at radius 1 is 1.38 bits per heavy atom. The molecule has 3 rings (SSSR count).